The smallest absolute Gasteiger partial charge is 0.300 e. The van der Waals surface area contributed by atoms with Crippen molar-refractivity contribution in [3.8, 4) is 68.5 Å². The number of aromatic hydroxyl groups is 1. The van der Waals surface area contributed by atoms with Gasteiger partial charge in [0.1, 0.15) is 34.7 Å². The van der Waals surface area contributed by atoms with Gasteiger partial charge in [-0.05, 0) is 172 Å². The van der Waals surface area contributed by atoms with Gasteiger partial charge in [-0.1, -0.05) is 153 Å². The maximum atomic E-state index is 14.4. The van der Waals surface area contributed by atoms with Crippen LogP contribution in [0.4, 0.5) is 28.9 Å². The number of hydrogen-bond donors (Lipinski definition) is 2. The lowest BCUT2D eigenvalue weighted by atomic mass is 10.1. The van der Waals surface area contributed by atoms with Crippen LogP contribution in [0.3, 0.4) is 0 Å². The highest BCUT2D eigenvalue weighted by atomic mass is 127. The Balaban J connectivity index is 0.000000172. The average molecular weight is 1680 g/mol. The van der Waals surface area contributed by atoms with Crippen molar-refractivity contribution < 1.29 is 46.8 Å². The van der Waals surface area contributed by atoms with E-state index in [1.54, 1.807) is 81.5 Å². The van der Waals surface area contributed by atoms with E-state index in [0.29, 0.717) is 130 Å². The molecule has 8 aromatic carbocycles. The molecule has 2 fully saturated rings. The molecule has 0 aliphatic carbocycles. The summed E-state index contributed by atoms with van der Waals surface area (Å²) in [4.78, 5) is 84.2. The molecule has 0 unspecified atom stereocenters. The lowest BCUT2D eigenvalue weighted by Gasteiger charge is -2.23. The fourth-order valence-electron chi connectivity index (χ4n) is 13.7. The van der Waals surface area contributed by atoms with Gasteiger partial charge in [0, 0.05) is 71.0 Å². The number of phenols is 1. The van der Waals surface area contributed by atoms with Gasteiger partial charge in [0.05, 0.1) is 64.2 Å². The average Bonchev–Trinajstić information content (AvgIpc) is 0.956. The first-order valence-electron chi connectivity index (χ1n) is 37.4. The molecular formula is C90H95F4IN10O10. The number of aliphatic carboxylic acids is 1. The Bertz CT molecular complexity index is 5550. The molecule has 2 N–H and O–H groups in total. The van der Waals surface area contributed by atoms with Crippen molar-refractivity contribution in [1.29, 1.82) is 0 Å². The van der Waals surface area contributed by atoms with Gasteiger partial charge in [-0.25, -0.2) is 37.5 Å². The van der Waals surface area contributed by atoms with E-state index in [9.17, 15) is 41.8 Å². The van der Waals surface area contributed by atoms with E-state index in [2.05, 4.69) is 24.8 Å². The number of methoxy groups -OCH3 is 3. The molecular weight excluding hydrogens is 1580 g/mol. The molecule has 600 valence electrons. The molecule has 6 heterocycles. The molecule has 25 heteroatoms. The van der Waals surface area contributed by atoms with Gasteiger partial charge in [0.15, 0.2) is 46.3 Å². The van der Waals surface area contributed by atoms with Crippen LogP contribution in [0.2, 0.25) is 0 Å². The van der Waals surface area contributed by atoms with Crippen LogP contribution < -0.4 is 46.2 Å². The van der Waals surface area contributed by atoms with Crippen molar-refractivity contribution in [2.24, 2.45) is 0 Å². The number of nitrogens with zero attached hydrogens (tertiary/aromatic N) is 10. The Morgan fingerprint density at radius 3 is 1.03 bits per heavy atom. The molecule has 20 nitrogen and oxygen atoms in total. The summed E-state index contributed by atoms with van der Waals surface area (Å²) in [7, 11) is 4.25. The van der Waals surface area contributed by atoms with Crippen molar-refractivity contribution in [3.05, 3.63) is 313 Å². The summed E-state index contributed by atoms with van der Waals surface area (Å²) < 4.78 is 79.3. The molecule has 115 heavy (non-hydrogen) atoms. The number of benzene rings is 8. The van der Waals surface area contributed by atoms with Gasteiger partial charge >= 0.3 is 0 Å². The number of carbonyl (C=O) groups is 1. The van der Waals surface area contributed by atoms with E-state index in [0.717, 1.165) is 81.0 Å². The normalized spacial score (nSPS) is 12.0. The highest BCUT2D eigenvalue weighted by molar-refractivity contribution is 14.1. The van der Waals surface area contributed by atoms with Crippen LogP contribution in [0.25, 0.3) is 45.6 Å². The number of aromatic nitrogens is 8. The zero-order valence-electron chi connectivity index (χ0n) is 64.9. The number of aryl methyl sites for hydroxylation is 8. The number of para-hydroxylation sites is 4. The number of carboxylic acid groups (broad SMARTS) is 1. The fourth-order valence-corrected chi connectivity index (χ4v) is 14.2. The van der Waals surface area contributed by atoms with Gasteiger partial charge in [-0.3, -0.25) is 42.2 Å². The maximum absolute atomic E-state index is 14.4. The van der Waals surface area contributed by atoms with E-state index in [-0.39, 0.29) is 52.5 Å². The maximum Gasteiger partial charge on any atom is 0.300 e. The molecule has 4 aromatic heterocycles. The Labute approximate surface area is 679 Å². The van der Waals surface area contributed by atoms with Crippen LogP contribution in [0.5, 0.6) is 23.0 Å². The summed E-state index contributed by atoms with van der Waals surface area (Å²) in [5.74, 6) is -1.63. The number of phenolic OH excluding ortho intramolecular Hbond substituents is 1. The van der Waals surface area contributed by atoms with Crippen molar-refractivity contribution in [2.45, 2.75) is 120 Å². The summed E-state index contributed by atoms with van der Waals surface area (Å²) in [6.07, 6.45) is 6.90. The minimum Gasteiger partial charge on any atom is -0.504 e. The Kier molecular flexibility index (Phi) is 31.5. The quantitative estimate of drug-likeness (QED) is 0.0503. The molecule has 2 aliphatic rings. The first-order chi connectivity index (χ1) is 55.0. The van der Waals surface area contributed by atoms with Gasteiger partial charge < -0.3 is 34.2 Å². The van der Waals surface area contributed by atoms with Gasteiger partial charge in [-0.15, -0.1) is 0 Å². The van der Waals surface area contributed by atoms with Crippen LogP contribution in [0.1, 0.15) is 85.1 Å². The number of anilines is 2. The zero-order valence-corrected chi connectivity index (χ0v) is 67.0. The fraction of sp³-hybridized carbons (Fsp3) is 0.278. The minimum absolute atomic E-state index is 0. The van der Waals surface area contributed by atoms with E-state index in [1.165, 1.54) is 57.7 Å². The van der Waals surface area contributed by atoms with Crippen LogP contribution in [0, 0.1) is 54.5 Å². The molecule has 0 radical (unpaired) electrons. The molecule has 2 aliphatic heterocycles. The molecule has 0 atom stereocenters. The Morgan fingerprint density at radius 2 is 0.696 bits per heavy atom. The van der Waals surface area contributed by atoms with Crippen molar-refractivity contribution >= 4 is 39.9 Å². The summed E-state index contributed by atoms with van der Waals surface area (Å²) in [6.45, 7) is 13.4. The van der Waals surface area contributed by atoms with Crippen molar-refractivity contribution in [2.75, 3.05) is 57.3 Å². The van der Waals surface area contributed by atoms with E-state index in [4.69, 9.17) is 29.1 Å². The predicted molar refractivity (Wildman–Crippen MR) is 452 cm³/mol. The van der Waals surface area contributed by atoms with E-state index < -0.39 is 35.0 Å². The van der Waals surface area contributed by atoms with Crippen molar-refractivity contribution in [3.63, 3.8) is 0 Å². The first kappa shape index (κ1) is 87.0. The number of hydrogen-bond acceptors (Lipinski definition) is 15. The number of rotatable bonds is 21. The van der Waals surface area contributed by atoms with Gasteiger partial charge in [0.25, 0.3) is 28.2 Å². The number of halogens is 5. The van der Waals surface area contributed by atoms with Crippen molar-refractivity contribution in [1.82, 2.24) is 38.2 Å². The Morgan fingerprint density at radius 1 is 0.409 bits per heavy atom. The Hall–Kier alpha value is -12.0. The van der Waals surface area contributed by atoms with Crippen LogP contribution in [-0.4, -0.2) is 102 Å². The number of carboxylic acids is 1. The molecule has 14 rings (SSSR count). The third-order valence-corrected chi connectivity index (χ3v) is 20.5. The third-order valence-electron chi connectivity index (χ3n) is 19.2. The monoisotopic (exact) mass is 1680 g/mol. The van der Waals surface area contributed by atoms with Gasteiger partial charge in [-0.2, -0.15) is 0 Å². The summed E-state index contributed by atoms with van der Waals surface area (Å²) in [6, 6.07) is 59.4. The van der Waals surface area contributed by atoms with Crippen LogP contribution in [-0.2, 0) is 56.7 Å². The molecule has 2 saturated heterocycles. The standard InChI is InChI=1S/C24H26FN3O2.C23H24FN3O2.C20H18FIN2O2.C20H19FN2O2.C2H4O2.CH4/c1-17-21(27-14-6-7-15-27)24(29)28(16-13-18-9-4-3-5-10-18)23(26-17)19-11-8-12-20(25)22(19)30-2;1-16-20(26-13-5-6-14-26)23(29)27(15-12-17-8-3-2-4-9-17)22(25-16)18-10-7-11-19(24)21(18)28;1-13-17(22)20(25)24(12-11-14-7-4-3-5-8-14)19(23-13)15-9-6-10-16(21)18(15)26-2;1-14-13-18(24)23(12-11-15-7-4-3-5-8-15)20(22-14)16-9-6-10-17(21)19(16)25-2;1-2(3)4;/h3-5,8-12H,6-7,13-16H2,1-2H3;2-4,7-11,28H,5-6,12-15H2,1H3;3-10H,11-12H2,1-2H3;3-10,13H,11-12H2,1-2H3;1H3,(H,3,4);1H4. The second-order valence-electron chi connectivity index (χ2n) is 27.1. The van der Waals surface area contributed by atoms with Crippen LogP contribution >= 0.6 is 22.6 Å². The summed E-state index contributed by atoms with van der Waals surface area (Å²) in [5, 5.41) is 17.7. The molecule has 0 bridgehead atoms. The molecule has 0 spiro atoms. The predicted octanol–water partition coefficient (Wildman–Crippen LogP) is 16.7. The highest BCUT2D eigenvalue weighted by Crippen LogP contribution is 2.36. The minimum atomic E-state index is -0.833. The largest absolute Gasteiger partial charge is 0.504 e. The molecule has 0 amide bonds. The first-order valence-corrected chi connectivity index (χ1v) is 38.5. The molecule has 12 aromatic rings. The van der Waals surface area contributed by atoms with Gasteiger partial charge in [0.2, 0.25) is 0 Å². The highest BCUT2D eigenvalue weighted by Gasteiger charge is 2.28. The lowest BCUT2D eigenvalue weighted by Crippen LogP contribution is -2.33. The number of ether oxygens (including phenoxy) is 3. The second kappa shape index (κ2) is 41.7. The third kappa shape index (κ3) is 21.9. The summed E-state index contributed by atoms with van der Waals surface area (Å²) in [5.41, 5.74) is 9.33. The lowest BCUT2D eigenvalue weighted by molar-refractivity contribution is -0.134. The SMILES string of the molecule is C.CC(=O)O.COc1c(F)cccc1-c1nc(C)c(I)c(=O)n1CCc1ccccc1.COc1c(F)cccc1-c1nc(C)c(N2CCCC2)c(=O)n1CCc1ccccc1.COc1c(F)cccc1-c1nc(C)cc(=O)n1CCc1ccccc1.Cc1nc(-c2cccc(F)c2O)n(CCc2ccccc2)c(=O)c1N1CCCC1. The second-order valence-corrected chi connectivity index (χ2v) is 28.2. The zero-order chi connectivity index (χ0) is 81.5. The topological polar surface area (TPSA) is 231 Å². The van der Waals surface area contributed by atoms with E-state index >= 15 is 0 Å². The van der Waals surface area contributed by atoms with E-state index in [1.807, 2.05) is 151 Å². The summed E-state index contributed by atoms with van der Waals surface area (Å²) >= 11 is 2.01. The van der Waals surface area contributed by atoms with Crippen LogP contribution in [0.15, 0.2) is 219 Å². The molecule has 0 saturated carbocycles.